The molecule has 1 aromatic carbocycles. The summed E-state index contributed by atoms with van der Waals surface area (Å²) in [6, 6.07) is 2.65. The van der Waals surface area contributed by atoms with Gasteiger partial charge < -0.3 is 0 Å². The van der Waals surface area contributed by atoms with E-state index < -0.39 is 23.1 Å². The van der Waals surface area contributed by atoms with Crippen LogP contribution in [0.5, 0.6) is 0 Å². The van der Waals surface area contributed by atoms with Crippen LogP contribution in [0.15, 0.2) is 29.3 Å². The molecule has 7 heteroatoms. The van der Waals surface area contributed by atoms with E-state index in [1.165, 1.54) is 17.9 Å². The largest absolute Gasteiger partial charge is 0.345 e. The SMILES string of the molecule is Cn1cnn(CC(=O)c2ccc(F)cc2F)c1=O. The van der Waals surface area contributed by atoms with Gasteiger partial charge in [0.15, 0.2) is 5.78 Å². The van der Waals surface area contributed by atoms with Crippen molar-refractivity contribution in [2.75, 3.05) is 0 Å². The first-order chi connectivity index (χ1) is 8.49. The maximum atomic E-state index is 13.3. The first-order valence-corrected chi connectivity index (χ1v) is 5.05. The number of Topliss-reactive ketones (excluding diaryl/α,β-unsaturated/α-hetero) is 1. The Morgan fingerprint density at radius 2 is 2.11 bits per heavy atom. The number of benzene rings is 1. The lowest BCUT2D eigenvalue weighted by Crippen LogP contribution is -2.26. The highest BCUT2D eigenvalue weighted by molar-refractivity contribution is 5.96. The smallest absolute Gasteiger partial charge is 0.292 e. The van der Waals surface area contributed by atoms with Gasteiger partial charge in [-0.15, -0.1) is 0 Å². The molecule has 0 amide bonds. The molecular formula is C11H9F2N3O2. The second-order valence-electron chi connectivity index (χ2n) is 3.73. The van der Waals surface area contributed by atoms with E-state index in [2.05, 4.69) is 5.10 Å². The molecule has 0 atom stereocenters. The van der Waals surface area contributed by atoms with Crippen molar-refractivity contribution in [2.45, 2.75) is 6.54 Å². The topological polar surface area (TPSA) is 56.9 Å². The molecule has 0 radical (unpaired) electrons. The van der Waals surface area contributed by atoms with Gasteiger partial charge in [-0.05, 0) is 12.1 Å². The zero-order valence-corrected chi connectivity index (χ0v) is 9.43. The van der Waals surface area contributed by atoms with E-state index in [-0.39, 0.29) is 12.1 Å². The van der Waals surface area contributed by atoms with Gasteiger partial charge >= 0.3 is 5.69 Å². The quantitative estimate of drug-likeness (QED) is 0.758. The van der Waals surface area contributed by atoms with E-state index in [4.69, 9.17) is 0 Å². The number of hydrogen-bond acceptors (Lipinski definition) is 3. The van der Waals surface area contributed by atoms with Gasteiger partial charge in [0.25, 0.3) is 0 Å². The Balaban J connectivity index is 2.27. The molecular weight excluding hydrogens is 244 g/mol. The molecule has 0 unspecified atom stereocenters. The van der Waals surface area contributed by atoms with Gasteiger partial charge in [0.1, 0.15) is 24.5 Å². The lowest BCUT2D eigenvalue weighted by atomic mass is 10.1. The zero-order valence-electron chi connectivity index (χ0n) is 9.43. The van der Waals surface area contributed by atoms with Crippen LogP contribution in [0.4, 0.5) is 8.78 Å². The third kappa shape index (κ3) is 2.20. The first kappa shape index (κ1) is 12.2. The Hall–Kier alpha value is -2.31. The summed E-state index contributed by atoms with van der Waals surface area (Å²) in [5, 5.41) is 3.68. The maximum absolute atomic E-state index is 13.3. The summed E-state index contributed by atoms with van der Waals surface area (Å²) in [6.45, 7) is -0.387. The molecule has 0 spiro atoms. The number of carbonyl (C=O) groups excluding carboxylic acids is 1. The molecule has 0 aliphatic carbocycles. The van der Waals surface area contributed by atoms with Crippen LogP contribution in [0.2, 0.25) is 0 Å². The average molecular weight is 253 g/mol. The number of hydrogen-bond donors (Lipinski definition) is 0. The molecule has 0 aliphatic rings. The number of rotatable bonds is 3. The number of aryl methyl sites for hydroxylation is 1. The molecule has 94 valence electrons. The van der Waals surface area contributed by atoms with Crippen LogP contribution in [0.25, 0.3) is 0 Å². The predicted molar refractivity (Wildman–Crippen MR) is 58.2 cm³/mol. The summed E-state index contributed by atoms with van der Waals surface area (Å²) in [5.74, 6) is -2.36. The Labute approximate surface area is 100 Å². The van der Waals surface area contributed by atoms with Crippen molar-refractivity contribution in [3.05, 3.63) is 52.2 Å². The minimum atomic E-state index is -0.955. The van der Waals surface area contributed by atoms with Gasteiger partial charge in [0.2, 0.25) is 0 Å². The molecule has 0 N–H and O–H groups in total. The summed E-state index contributed by atoms with van der Waals surface area (Å²) in [4.78, 5) is 23.2. The van der Waals surface area contributed by atoms with Crippen LogP contribution < -0.4 is 5.69 Å². The maximum Gasteiger partial charge on any atom is 0.345 e. The van der Waals surface area contributed by atoms with Crippen LogP contribution in [0.1, 0.15) is 10.4 Å². The van der Waals surface area contributed by atoms with Gasteiger partial charge in [-0.2, -0.15) is 5.10 Å². The van der Waals surface area contributed by atoms with Crippen LogP contribution >= 0.6 is 0 Å². The molecule has 2 rings (SSSR count). The van der Waals surface area contributed by atoms with Crippen molar-refractivity contribution < 1.29 is 13.6 Å². The molecule has 0 saturated carbocycles. The molecule has 0 aliphatic heterocycles. The zero-order chi connectivity index (χ0) is 13.3. The Morgan fingerprint density at radius 1 is 1.39 bits per heavy atom. The van der Waals surface area contributed by atoms with Gasteiger partial charge in [0.05, 0.1) is 5.56 Å². The Kier molecular flexibility index (Phi) is 3.05. The van der Waals surface area contributed by atoms with Gasteiger partial charge in [-0.1, -0.05) is 0 Å². The molecule has 18 heavy (non-hydrogen) atoms. The molecule has 0 bridgehead atoms. The van der Waals surface area contributed by atoms with Crippen LogP contribution in [0, 0.1) is 11.6 Å². The van der Waals surface area contributed by atoms with Gasteiger partial charge in [0, 0.05) is 13.1 Å². The fourth-order valence-electron chi connectivity index (χ4n) is 1.47. The molecule has 0 saturated heterocycles. The fraction of sp³-hybridized carbons (Fsp3) is 0.182. The van der Waals surface area contributed by atoms with Crippen molar-refractivity contribution in [3.8, 4) is 0 Å². The van der Waals surface area contributed by atoms with Crippen LogP contribution in [0.3, 0.4) is 0 Å². The average Bonchev–Trinajstić information content (AvgIpc) is 2.61. The summed E-state index contributed by atoms with van der Waals surface area (Å²) in [6.07, 6.45) is 1.25. The summed E-state index contributed by atoms with van der Waals surface area (Å²) >= 11 is 0. The highest BCUT2D eigenvalue weighted by atomic mass is 19.1. The number of ketones is 1. The van der Waals surface area contributed by atoms with E-state index in [9.17, 15) is 18.4 Å². The molecule has 1 heterocycles. The first-order valence-electron chi connectivity index (χ1n) is 5.05. The predicted octanol–water partition coefficient (Wildman–Crippen LogP) is 0.743. The number of aromatic nitrogens is 3. The highest BCUT2D eigenvalue weighted by Crippen LogP contribution is 2.10. The monoisotopic (exact) mass is 253 g/mol. The van der Waals surface area contributed by atoms with Gasteiger partial charge in [-0.25, -0.2) is 18.3 Å². The molecule has 1 aromatic heterocycles. The van der Waals surface area contributed by atoms with E-state index in [0.29, 0.717) is 6.07 Å². The van der Waals surface area contributed by atoms with Crippen molar-refractivity contribution in [3.63, 3.8) is 0 Å². The minimum absolute atomic E-state index is 0.269. The normalized spacial score (nSPS) is 10.6. The molecule has 2 aromatic rings. The van der Waals surface area contributed by atoms with E-state index in [1.807, 2.05) is 0 Å². The summed E-state index contributed by atoms with van der Waals surface area (Å²) < 4.78 is 28.1. The van der Waals surface area contributed by atoms with Crippen LogP contribution in [-0.4, -0.2) is 20.1 Å². The van der Waals surface area contributed by atoms with Gasteiger partial charge in [-0.3, -0.25) is 9.36 Å². The fourth-order valence-corrected chi connectivity index (χ4v) is 1.47. The minimum Gasteiger partial charge on any atom is -0.292 e. The third-order valence-corrected chi connectivity index (χ3v) is 2.41. The molecule has 5 nitrogen and oxygen atoms in total. The van der Waals surface area contributed by atoms with E-state index >= 15 is 0 Å². The standard InChI is InChI=1S/C11H9F2N3O2/c1-15-6-14-16(11(15)18)5-10(17)8-3-2-7(12)4-9(8)13/h2-4,6H,5H2,1H3. The second-order valence-corrected chi connectivity index (χ2v) is 3.73. The summed E-state index contributed by atoms with van der Waals surface area (Å²) in [7, 11) is 1.48. The van der Waals surface area contributed by atoms with Crippen LogP contribution in [-0.2, 0) is 13.6 Å². The molecule has 0 fully saturated rings. The lowest BCUT2D eigenvalue weighted by molar-refractivity contribution is 0.0962. The Morgan fingerprint density at radius 3 is 2.67 bits per heavy atom. The van der Waals surface area contributed by atoms with E-state index in [1.54, 1.807) is 0 Å². The number of carbonyl (C=O) groups is 1. The highest BCUT2D eigenvalue weighted by Gasteiger charge is 2.15. The van der Waals surface area contributed by atoms with Crippen molar-refractivity contribution in [1.82, 2.24) is 14.3 Å². The third-order valence-electron chi connectivity index (χ3n) is 2.41. The number of nitrogens with zero attached hydrogens (tertiary/aromatic N) is 3. The number of halogens is 2. The van der Waals surface area contributed by atoms with Crippen molar-refractivity contribution in [2.24, 2.45) is 7.05 Å². The van der Waals surface area contributed by atoms with Crippen molar-refractivity contribution in [1.29, 1.82) is 0 Å². The van der Waals surface area contributed by atoms with Crippen molar-refractivity contribution >= 4 is 5.78 Å². The Bertz CT molecular complexity index is 661. The lowest BCUT2D eigenvalue weighted by Gasteiger charge is -2.02. The van der Waals surface area contributed by atoms with E-state index in [0.717, 1.165) is 16.8 Å². The summed E-state index contributed by atoms with van der Waals surface area (Å²) in [5.41, 5.74) is -0.750. The second kappa shape index (κ2) is 4.52.